The van der Waals surface area contributed by atoms with Gasteiger partial charge in [0.15, 0.2) is 6.21 Å². The van der Waals surface area contributed by atoms with E-state index in [9.17, 15) is 9.60 Å². The van der Waals surface area contributed by atoms with Crippen molar-refractivity contribution in [3.63, 3.8) is 0 Å². The first-order valence-electron chi connectivity index (χ1n) is 7.52. The highest BCUT2D eigenvalue weighted by molar-refractivity contribution is 8.24. The molecule has 0 N–H and O–H groups in total. The van der Waals surface area contributed by atoms with Crippen molar-refractivity contribution < 1.29 is 9.13 Å². The van der Waals surface area contributed by atoms with Crippen molar-refractivity contribution in [2.24, 2.45) is 0 Å². The molecule has 0 radical (unpaired) electrons. The van der Waals surface area contributed by atoms with Crippen LogP contribution in [0, 0.1) is 11.0 Å². The maximum atomic E-state index is 13.9. The lowest BCUT2D eigenvalue weighted by Gasteiger charge is -2.29. The van der Waals surface area contributed by atoms with Crippen molar-refractivity contribution >= 4 is 46.1 Å². The topological polar surface area (TPSA) is 29.3 Å². The van der Waals surface area contributed by atoms with Gasteiger partial charge in [-0.05, 0) is 32.4 Å². The molecule has 1 atom stereocenters. The van der Waals surface area contributed by atoms with Crippen LogP contribution in [-0.4, -0.2) is 37.6 Å². The average molecular weight is 375 g/mol. The zero-order chi connectivity index (χ0) is 17.2. The van der Waals surface area contributed by atoms with E-state index in [2.05, 4.69) is 6.92 Å². The number of thioether (sulfide) groups is 1. The van der Waals surface area contributed by atoms with Gasteiger partial charge in [0.25, 0.3) is 6.17 Å². The Kier molecular flexibility index (Phi) is 5.92. The zero-order valence-corrected chi connectivity index (χ0v) is 15.8. The van der Waals surface area contributed by atoms with Crippen molar-refractivity contribution in [3.8, 4) is 0 Å². The predicted molar refractivity (Wildman–Crippen MR) is 99.9 cm³/mol. The molecule has 3 nitrogen and oxygen atoms in total. The monoisotopic (exact) mass is 374 g/mol. The van der Waals surface area contributed by atoms with Gasteiger partial charge in [0.05, 0.1) is 10.6 Å². The number of hydrogen-bond donors (Lipinski definition) is 0. The molecule has 1 fully saturated rings. The summed E-state index contributed by atoms with van der Waals surface area (Å²) >= 11 is 12.9. The van der Waals surface area contributed by atoms with Crippen LogP contribution in [0.25, 0.3) is 0 Å². The molecule has 0 saturated carbocycles. The Morgan fingerprint density at radius 2 is 2.22 bits per heavy atom. The lowest BCUT2D eigenvalue weighted by Crippen LogP contribution is -2.48. The van der Waals surface area contributed by atoms with Crippen LogP contribution in [0.2, 0.25) is 5.02 Å². The van der Waals surface area contributed by atoms with Gasteiger partial charge in [-0.3, -0.25) is 4.90 Å². The third-order valence-corrected chi connectivity index (χ3v) is 5.71. The fourth-order valence-electron chi connectivity index (χ4n) is 2.63. The zero-order valence-electron chi connectivity index (χ0n) is 13.4. The second kappa shape index (κ2) is 7.36. The van der Waals surface area contributed by atoms with Gasteiger partial charge in [0, 0.05) is 6.54 Å². The van der Waals surface area contributed by atoms with Crippen molar-refractivity contribution in [1.29, 1.82) is 0 Å². The number of unbranched alkanes of at least 4 members (excludes halogenated alkanes) is 1. The third-order valence-electron chi connectivity index (χ3n) is 3.75. The van der Waals surface area contributed by atoms with Crippen molar-refractivity contribution in [1.82, 2.24) is 4.90 Å². The SMILES string of the molecule is CCCCN1C(=S)SC(C)(C)C1/[N+]([O-])=C/c1c(F)cccc1Cl. The molecule has 1 aromatic carbocycles. The highest BCUT2D eigenvalue weighted by atomic mass is 35.5. The summed E-state index contributed by atoms with van der Waals surface area (Å²) in [7, 11) is 0. The summed E-state index contributed by atoms with van der Waals surface area (Å²) in [4.78, 5) is 1.93. The molecule has 23 heavy (non-hydrogen) atoms. The molecule has 1 saturated heterocycles. The van der Waals surface area contributed by atoms with Crippen LogP contribution in [0.1, 0.15) is 39.2 Å². The van der Waals surface area contributed by atoms with Crippen LogP contribution >= 0.6 is 35.6 Å². The van der Waals surface area contributed by atoms with Gasteiger partial charge in [-0.15, -0.1) is 0 Å². The first-order chi connectivity index (χ1) is 10.8. The Bertz CT molecular complexity index is 616. The van der Waals surface area contributed by atoms with E-state index >= 15 is 0 Å². The Morgan fingerprint density at radius 1 is 1.52 bits per heavy atom. The second-order valence-corrected chi connectivity index (χ2v) is 8.71. The fraction of sp³-hybridized carbons (Fsp3) is 0.500. The van der Waals surface area contributed by atoms with E-state index in [0.717, 1.165) is 17.6 Å². The molecule has 1 aliphatic rings. The number of hydroxylamine groups is 1. The molecule has 0 aromatic heterocycles. The van der Waals surface area contributed by atoms with Gasteiger partial charge in [-0.2, -0.15) is 4.74 Å². The van der Waals surface area contributed by atoms with Gasteiger partial charge in [-0.1, -0.05) is 55.0 Å². The quantitative estimate of drug-likeness (QED) is 0.247. The molecule has 1 aromatic rings. The summed E-state index contributed by atoms with van der Waals surface area (Å²) in [6.45, 7) is 6.76. The molecule has 1 aliphatic heterocycles. The molecule has 0 bridgehead atoms. The van der Waals surface area contributed by atoms with Crippen LogP contribution in [0.4, 0.5) is 4.39 Å². The number of benzene rings is 1. The predicted octanol–water partition coefficient (Wildman–Crippen LogP) is 4.65. The lowest BCUT2D eigenvalue weighted by atomic mass is 10.1. The van der Waals surface area contributed by atoms with E-state index in [1.165, 1.54) is 30.1 Å². The maximum Gasteiger partial charge on any atom is 0.254 e. The summed E-state index contributed by atoms with van der Waals surface area (Å²) in [5.74, 6) is -0.510. The summed E-state index contributed by atoms with van der Waals surface area (Å²) in [5.41, 5.74) is 0.109. The third kappa shape index (κ3) is 3.98. The van der Waals surface area contributed by atoms with E-state index in [1.807, 2.05) is 18.7 Å². The van der Waals surface area contributed by atoms with Gasteiger partial charge in [-0.25, -0.2) is 4.39 Å². The molecule has 0 spiro atoms. The number of halogens is 2. The van der Waals surface area contributed by atoms with Gasteiger partial charge in [0.1, 0.15) is 14.9 Å². The Labute approximate surface area is 151 Å². The van der Waals surface area contributed by atoms with Crippen LogP contribution in [-0.2, 0) is 0 Å². The number of rotatable bonds is 5. The molecule has 1 heterocycles. The van der Waals surface area contributed by atoms with Gasteiger partial charge >= 0.3 is 0 Å². The first kappa shape index (κ1) is 18.5. The summed E-state index contributed by atoms with van der Waals surface area (Å²) in [6, 6.07) is 4.38. The van der Waals surface area contributed by atoms with Crippen molar-refractivity contribution in [2.75, 3.05) is 6.54 Å². The molecular weight excluding hydrogens is 355 g/mol. The minimum atomic E-state index is -0.510. The number of nitrogens with zero attached hydrogens (tertiary/aromatic N) is 2. The molecule has 126 valence electrons. The Balaban J connectivity index is 2.39. The van der Waals surface area contributed by atoms with Crippen LogP contribution in [0.5, 0.6) is 0 Å². The number of hydrogen-bond acceptors (Lipinski definition) is 3. The molecular formula is C16H20ClFN2OS2. The maximum absolute atomic E-state index is 13.9. The number of thiocarbonyl (C=S) groups is 1. The summed E-state index contributed by atoms with van der Waals surface area (Å²) in [5, 5.41) is 13.0. The Hall–Kier alpha value is -0.850. The standard InChI is InChI=1S/C16H20ClFN2OS2/c1-4-5-9-19-14(16(2,3)23-15(19)22)20(21)10-11-12(17)7-6-8-13(11)18/h6-8,10,14H,4-5,9H2,1-3H3/b20-10-. The highest BCUT2D eigenvalue weighted by Crippen LogP contribution is 2.41. The normalized spacial score (nSPS) is 21.1. The summed E-state index contributed by atoms with van der Waals surface area (Å²) in [6.07, 6.45) is 2.71. The summed E-state index contributed by atoms with van der Waals surface area (Å²) < 4.78 is 15.0. The molecule has 0 aliphatic carbocycles. The smallest absolute Gasteiger partial charge is 0.254 e. The van der Waals surface area contributed by atoms with E-state index in [1.54, 1.807) is 6.07 Å². The first-order valence-corrected chi connectivity index (χ1v) is 9.12. The van der Waals surface area contributed by atoms with Crippen LogP contribution in [0.15, 0.2) is 18.2 Å². The van der Waals surface area contributed by atoms with E-state index in [4.69, 9.17) is 23.8 Å². The van der Waals surface area contributed by atoms with Crippen LogP contribution in [0.3, 0.4) is 0 Å². The largest absolute Gasteiger partial charge is 0.622 e. The second-order valence-electron chi connectivity index (χ2n) is 6.02. The van der Waals surface area contributed by atoms with E-state index in [-0.39, 0.29) is 15.3 Å². The minimum absolute atomic E-state index is 0.109. The molecule has 0 amide bonds. The van der Waals surface area contributed by atoms with Gasteiger partial charge in [0.2, 0.25) is 0 Å². The highest BCUT2D eigenvalue weighted by Gasteiger charge is 2.50. The van der Waals surface area contributed by atoms with E-state index in [0.29, 0.717) is 10.9 Å². The molecule has 2 rings (SSSR count). The van der Waals surface area contributed by atoms with Crippen molar-refractivity contribution in [2.45, 2.75) is 44.5 Å². The van der Waals surface area contributed by atoms with E-state index < -0.39 is 12.0 Å². The molecule has 1 unspecified atom stereocenters. The van der Waals surface area contributed by atoms with Gasteiger partial charge < -0.3 is 5.21 Å². The fourth-order valence-corrected chi connectivity index (χ4v) is 4.77. The minimum Gasteiger partial charge on any atom is -0.622 e. The molecule has 7 heteroatoms. The lowest BCUT2D eigenvalue weighted by molar-refractivity contribution is -0.523. The van der Waals surface area contributed by atoms with Crippen molar-refractivity contribution in [3.05, 3.63) is 39.8 Å². The van der Waals surface area contributed by atoms with Crippen LogP contribution < -0.4 is 0 Å². The Morgan fingerprint density at radius 3 is 2.83 bits per heavy atom. The average Bonchev–Trinajstić information content (AvgIpc) is 2.69.